The standard InChI is InChI=1S/C16H25NO4/c1-11-6-7-15(14(10-11)12(2)18)21-13(3)16(19)17-8-5-9-20-4/h6-7,10,12-13,18H,5,8-9H2,1-4H3,(H,17,19). The molecule has 0 saturated carbocycles. The SMILES string of the molecule is COCCCNC(=O)C(C)Oc1ccc(C)cc1C(C)O. The minimum absolute atomic E-state index is 0.178. The largest absolute Gasteiger partial charge is 0.481 e. The zero-order valence-electron chi connectivity index (χ0n) is 13.2. The van der Waals surface area contributed by atoms with Gasteiger partial charge < -0.3 is 19.9 Å². The highest BCUT2D eigenvalue weighted by atomic mass is 16.5. The zero-order chi connectivity index (χ0) is 15.8. The van der Waals surface area contributed by atoms with Gasteiger partial charge >= 0.3 is 0 Å². The Labute approximate surface area is 126 Å². The van der Waals surface area contributed by atoms with Crippen molar-refractivity contribution in [2.45, 2.75) is 39.4 Å². The molecule has 1 rings (SSSR count). The number of aliphatic hydroxyl groups excluding tert-OH is 1. The number of hydrogen-bond donors (Lipinski definition) is 2. The Bertz CT molecular complexity index is 460. The van der Waals surface area contributed by atoms with Gasteiger partial charge in [-0.2, -0.15) is 0 Å². The van der Waals surface area contributed by atoms with Crippen molar-refractivity contribution in [3.8, 4) is 5.75 Å². The van der Waals surface area contributed by atoms with Crippen molar-refractivity contribution in [2.75, 3.05) is 20.3 Å². The first kappa shape index (κ1) is 17.5. The summed E-state index contributed by atoms with van der Waals surface area (Å²) in [5.74, 6) is 0.360. The lowest BCUT2D eigenvalue weighted by Crippen LogP contribution is -2.37. The molecule has 2 unspecified atom stereocenters. The van der Waals surface area contributed by atoms with Gasteiger partial charge in [0.1, 0.15) is 5.75 Å². The summed E-state index contributed by atoms with van der Waals surface area (Å²) < 4.78 is 10.6. The van der Waals surface area contributed by atoms with Crippen LogP contribution < -0.4 is 10.1 Å². The van der Waals surface area contributed by atoms with Crippen LogP contribution in [0.15, 0.2) is 18.2 Å². The Balaban J connectivity index is 2.61. The van der Waals surface area contributed by atoms with Gasteiger partial charge in [-0.05, 0) is 39.3 Å². The molecule has 0 aliphatic rings. The molecule has 0 bridgehead atoms. The Kier molecular flexibility index (Phi) is 7.19. The summed E-state index contributed by atoms with van der Waals surface area (Å²) in [6.45, 7) is 6.48. The molecule has 21 heavy (non-hydrogen) atoms. The van der Waals surface area contributed by atoms with E-state index < -0.39 is 12.2 Å². The average Bonchev–Trinajstić information content (AvgIpc) is 2.44. The number of methoxy groups -OCH3 is 1. The van der Waals surface area contributed by atoms with Crippen LogP contribution in [0.25, 0.3) is 0 Å². The van der Waals surface area contributed by atoms with Crippen molar-refractivity contribution in [3.05, 3.63) is 29.3 Å². The van der Waals surface area contributed by atoms with Gasteiger partial charge in [0, 0.05) is 25.8 Å². The number of carbonyl (C=O) groups excluding carboxylic acids is 1. The Hall–Kier alpha value is -1.59. The van der Waals surface area contributed by atoms with Crippen LogP contribution in [-0.2, 0) is 9.53 Å². The van der Waals surface area contributed by atoms with Crippen LogP contribution in [0.1, 0.15) is 37.5 Å². The lowest BCUT2D eigenvalue weighted by molar-refractivity contribution is -0.127. The van der Waals surface area contributed by atoms with Gasteiger partial charge in [-0.15, -0.1) is 0 Å². The van der Waals surface area contributed by atoms with E-state index in [4.69, 9.17) is 9.47 Å². The van der Waals surface area contributed by atoms with Gasteiger partial charge in [0.2, 0.25) is 0 Å². The fourth-order valence-electron chi connectivity index (χ4n) is 1.92. The highest BCUT2D eigenvalue weighted by molar-refractivity contribution is 5.80. The second kappa shape index (κ2) is 8.64. The van der Waals surface area contributed by atoms with Crippen LogP contribution in [0.5, 0.6) is 5.75 Å². The molecule has 0 aromatic heterocycles. The first-order valence-electron chi connectivity index (χ1n) is 7.17. The van der Waals surface area contributed by atoms with E-state index in [-0.39, 0.29) is 5.91 Å². The van der Waals surface area contributed by atoms with Gasteiger partial charge in [-0.25, -0.2) is 0 Å². The summed E-state index contributed by atoms with van der Waals surface area (Å²) in [7, 11) is 1.63. The summed E-state index contributed by atoms with van der Waals surface area (Å²) >= 11 is 0. The van der Waals surface area contributed by atoms with Crippen molar-refractivity contribution in [3.63, 3.8) is 0 Å². The van der Waals surface area contributed by atoms with E-state index >= 15 is 0 Å². The molecule has 2 atom stereocenters. The van der Waals surface area contributed by atoms with Crippen LogP contribution in [-0.4, -0.2) is 37.4 Å². The predicted molar refractivity (Wildman–Crippen MR) is 81.4 cm³/mol. The van der Waals surface area contributed by atoms with E-state index in [0.717, 1.165) is 12.0 Å². The number of benzene rings is 1. The molecule has 1 aromatic carbocycles. The summed E-state index contributed by atoms with van der Waals surface area (Å²) in [6.07, 6.45) is -0.497. The van der Waals surface area contributed by atoms with Gasteiger partial charge in [0.15, 0.2) is 6.10 Å². The molecule has 0 saturated heterocycles. The number of ether oxygens (including phenoxy) is 2. The topological polar surface area (TPSA) is 67.8 Å². The number of rotatable bonds is 8. The number of nitrogens with one attached hydrogen (secondary N) is 1. The molecule has 0 aliphatic heterocycles. The summed E-state index contributed by atoms with van der Waals surface area (Å²) in [5, 5.41) is 12.6. The Morgan fingerprint density at radius 2 is 2.10 bits per heavy atom. The minimum Gasteiger partial charge on any atom is -0.481 e. The number of aryl methyl sites for hydroxylation is 1. The molecule has 0 spiro atoms. The van der Waals surface area contributed by atoms with Gasteiger partial charge in [-0.1, -0.05) is 11.6 Å². The molecule has 0 radical (unpaired) electrons. The number of hydrogen-bond acceptors (Lipinski definition) is 4. The third kappa shape index (κ3) is 5.73. The average molecular weight is 295 g/mol. The molecule has 118 valence electrons. The molecular formula is C16H25NO4. The van der Waals surface area contributed by atoms with E-state index in [9.17, 15) is 9.90 Å². The molecule has 0 fully saturated rings. The fourth-order valence-corrected chi connectivity index (χ4v) is 1.92. The monoisotopic (exact) mass is 295 g/mol. The first-order chi connectivity index (χ1) is 9.95. The predicted octanol–water partition coefficient (Wildman–Crippen LogP) is 1.97. The Morgan fingerprint density at radius 1 is 1.38 bits per heavy atom. The fraction of sp³-hybridized carbons (Fsp3) is 0.562. The molecule has 5 heteroatoms. The highest BCUT2D eigenvalue weighted by Gasteiger charge is 2.17. The van der Waals surface area contributed by atoms with Gasteiger partial charge in [0.05, 0.1) is 6.10 Å². The van der Waals surface area contributed by atoms with E-state index in [0.29, 0.717) is 24.5 Å². The second-order valence-corrected chi connectivity index (χ2v) is 5.11. The van der Waals surface area contributed by atoms with Crippen molar-refractivity contribution >= 4 is 5.91 Å². The normalized spacial score (nSPS) is 13.6. The number of amides is 1. The molecule has 2 N–H and O–H groups in total. The maximum Gasteiger partial charge on any atom is 0.260 e. The van der Waals surface area contributed by atoms with Crippen LogP contribution in [0, 0.1) is 6.92 Å². The van der Waals surface area contributed by atoms with E-state index in [1.165, 1.54) is 0 Å². The van der Waals surface area contributed by atoms with Gasteiger partial charge in [-0.3, -0.25) is 4.79 Å². The third-order valence-corrected chi connectivity index (χ3v) is 3.11. The van der Waals surface area contributed by atoms with Gasteiger partial charge in [0.25, 0.3) is 5.91 Å². The van der Waals surface area contributed by atoms with Crippen molar-refractivity contribution < 1.29 is 19.4 Å². The maximum absolute atomic E-state index is 11.9. The van der Waals surface area contributed by atoms with E-state index in [1.54, 1.807) is 27.0 Å². The first-order valence-corrected chi connectivity index (χ1v) is 7.17. The molecule has 0 heterocycles. The van der Waals surface area contributed by atoms with Crippen molar-refractivity contribution in [1.82, 2.24) is 5.32 Å². The summed E-state index contributed by atoms with van der Waals surface area (Å²) in [5.41, 5.74) is 1.73. The van der Waals surface area contributed by atoms with Crippen molar-refractivity contribution in [1.29, 1.82) is 0 Å². The molecule has 1 aromatic rings. The summed E-state index contributed by atoms with van der Waals surface area (Å²) in [6, 6.07) is 5.54. The van der Waals surface area contributed by atoms with E-state index in [2.05, 4.69) is 5.32 Å². The molecule has 1 amide bonds. The number of aliphatic hydroxyl groups is 1. The van der Waals surface area contributed by atoms with Crippen LogP contribution >= 0.6 is 0 Å². The van der Waals surface area contributed by atoms with Crippen LogP contribution in [0.4, 0.5) is 0 Å². The number of carbonyl (C=O) groups is 1. The quantitative estimate of drug-likeness (QED) is 0.720. The highest BCUT2D eigenvalue weighted by Crippen LogP contribution is 2.27. The summed E-state index contributed by atoms with van der Waals surface area (Å²) in [4.78, 5) is 11.9. The lowest BCUT2D eigenvalue weighted by Gasteiger charge is -2.19. The minimum atomic E-state index is -0.642. The molecule has 5 nitrogen and oxygen atoms in total. The third-order valence-electron chi connectivity index (χ3n) is 3.11. The molecular weight excluding hydrogens is 270 g/mol. The second-order valence-electron chi connectivity index (χ2n) is 5.11. The van der Waals surface area contributed by atoms with Crippen molar-refractivity contribution in [2.24, 2.45) is 0 Å². The Morgan fingerprint density at radius 3 is 2.71 bits per heavy atom. The van der Waals surface area contributed by atoms with E-state index in [1.807, 2.05) is 19.1 Å². The molecule has 0 aliphatic carbocycles. The van der Waals surface area contributed by atoms with Crippen LogP contribution in [0.3, 0.4) is 0 Å². The maximum atomic E-state index is 11.9. The zero-order valence-corrected chi connectivity index (χ0v) is 13.2. The smallest absolute Gasteiger partial charge is 0.260 e. The lowest BCUT2D eigenvalue weighted by atomic mass is 10.1. The van der Waals surface area contributed by atoms with Crippen LogP contribution in [0.2, 0.25) is 0 Å².